The molecule has 5 nitrogen and oxygen atoms in total. The van der Waals surface area contributed by atoms with Gasteiger partial charge >= 0.3 is 0 Å². The van der Waals surface area contributed by atoms with Crippen molar-refractivity contribution in [3.05, 3.63) is 53.1 Å². The van der Waals surface area contributed by atoms with Crippen molar-refractivity contribution in [3.63, 3.8) is 0 Å². The first-order valence-electron chi connectivity index (χ1n) is 5.29. The Morgan fingerprint density at radius 1 is 1.16 bits per heavy atom. The van der Waals surface area contributed by atoms with Crippen molar-refractivity contribution in [1.82, 2.24) is 9.97 Å². The fourth-order valence-corrected chi connectivity index (χ4v) is 1.58. The highest BCUT2D eigenvalue weighted by molar-refractivity contribution is 6.33. The summed E-state index contributed by atoms with van der Waals surface area (Å²) in [6.07, 6.45) is 5.51. The SMILES string of the molecule is O=C(C=Cc1ccc(O)c(O)c1)c1nccnc1Cl. The Bertz CT molecular complexity index is 656. The number of ketones is 1. The first-order chi connectivity index (χ1) is 9.08. The Kier molecular flexibility index (Phi) is 3.77. The summed E-state index contributed by atoms with van der Waals surface area (Å²) in [6, 6.07) is 4.21. The highest BCUT2D eigenvalue weighted by Gasteiger charge is 2.09. The van der Waals surface area contributed by atoms with Crippen LogP contribution in [-0.2, 0) is 0 Å². The quantitative estimate of drug-likeness (QED) is 0.511. The highest BCUT2D eigenvalue weighted by Crippen LogP contribution is 2.25. The molecule has 0 unspecified atom stereocenters. The Hall–Kier alpha value is -2.40. The minimum atomic E-state index is -0.398. The zero-order valence-corrected chi connectivity index (χ0v) is 10.4. The molecule has 0 aliphatic rings. The molecule has 2 rings (SSSR count). The van der Waals surface area contributed by atoms with Crippen LogP contribution in [0.15, 0.2) is 36.7 Å². The molecule has 0 saturated carbocycles. The summed E-state index contributed by atoms with van der Waals surface area (Å²) in [5.41, 5.74) is 0.618. The van der Waals surface area contributed by atoms with E-state index in [1.165, 1.54) is 36.7 Å². The molecule has 0 spiro atoms. The first kappa shape index (κ1) is 13.0. The molecule has 0 saturated heterocycles. The van der Waals surface area contributed by atoms with Gasteiger partial charge in [-0.1, -0.05) is 23.7 Å². The van der Waals surface area contributed by atoms with Gasteiger partial charge in [0, 0.05) is 12.4 Å². The number of carbonyl (C=O) groups is 1. The predicted molar refractivity (Wildman–Crippen MR) is 70.2 cm³/mol. The van der Waals surface area contributed by atoms with Crippen LogP contribution < -0.4 is 0 Å². The van der Waals surface area contributed by atoms with Crippen LogP contribution in [0.3, 0.4) is 0 Å². The third-order valence-electron chi connectivity index (χ3n) is 2.31. The van der Waals surface area contributed by atoms with Crippen molar-refractivity contribution in [2.45, 2.75) is 0 Å². The number of halogens is 1. The fraction of sp³-hybridized carbons (Fsp3) is 0. The summed E-state index contributed by atoms with van der Waals surface area (Å²) < 4.78 is 0. The van der Waals surface area contributed by atoms with Gasteiger partial charge in [-0.3, -0.25) is 4.79 Å². The largest absolute Gasteiger partial charge is 0.504 e. The van der Waals surface area contributed by atoms with E-state index in [4.69, 9.17) is 16.7 Å². The molecule has 1 heterocycles. The maximum absolute atomic E-state index is 11.8. The normalized spacial score (nSPS) is 10.8. The molecule has 0 aliphatic heterocycles. The van der Waals surface area contributed by atoms with Crippen LogP contribution in [0.4, 0.5) is 0 Å². The molecule has 0 fully saturated rings. The van der Waals surface area contributed by atoms with Gasteiger partial charge in [0.1, 0.15) is 5.69 Å². The van der Waals surface area contributed by atoms with E-state index >= 15 is 0 Å². The van der Waals surface area contributed by atoms with Gasteiger partial charge in [0.25, 0.3) is 0 Å². The van der Waals surface area contributed by atoms with E-state index in [-0.39, 0.29) is 22.3 Å². The van der Waals surface area contributed by atoms with Gasteiger partial charge in [0.2, 0.25) is 5.78 Å². The van der Waals surface area contributed by atoms with Gasteiger partial charge in [-0.2, -0.15) is 0 Å². The number of benzene rings is 1. The third kappa shape index (κ3) is 3.08. The molecule has 96 valence electrons. The summed E-state index contributed by atoms with van der Waals surface area (Å²) in [5.74, 6) is -0.877. The van der Waals surface area contributed by atoms with Crippen molar-refractivity contribution in [2.75, 3.05) is 0 Å². The van der Waals surface area contributed by atoms with Gasteiger partial charge in [-0.05, 0) is 23.8 Å². The Labute approximate surface area is 113 Å². The molecular weight excluding hydrogens is 268 g/mol. The number of aromatic nitrogens is 2. The average Bonchev–Trinajstić information content (AvgIpc) is 2.40. The molecule has 1 aromatic heterocycles. The second-order valence-electron chi connectivity index (χ2n) is 3.64. The second-order valence-corrected chi connectivity index (χ2v) is 4.00. The number of rotatable bonds is 3. The monoisotopic (exact) mass is 276 g/mol. The van der Waals surface area contributed by atoms with Crippen LogP contribution in [0.5, 0.6) is 11.5 Å². The van der Waals surface area contributed by atoms with Crippen LogP contribution in [0.2, 0.25) is 5.15 Å². The summed E-state index contributed by atoms with van der Waals surface area (Å²) in [6.45, 7) is 0. The molecule has 6 heteroatoms. The van der Waals surface area contributed by atoms with Crippen molar-refractivity contribution >= 4 is 23.5 Å². The van der Waals surface area contributed by atoms with E-state index < -0.39 is 5.78 Å². The number of phenols is 2. The van der Waals surface area contributed by atoms with Gasteiger partial charge in [-0.25, -0.2) is 9.97 Å². The number of nitrogens with zero attached hydrogens (tertiary/aromatic N) is 2. The van der Waals surface area contributed by atoms with Crippen LogP contribution in [0, 0.1) is 0 Å². The van der Waals surface area contributed by atoms with E-state index in [9.17, 15) is 9.90 Å². The fourth-order valence-electron chi connectivity index (χ4n) is 1.38. The first-order valence-corrected chi connectivity index (χ1v) is 5.66. The summed E-state index contributed by atoms with van der Waals surface area (Å²) in [7, 11) is 0. The predicted octanol–water partition coefficient (Wildman–Crippen LogP) is 2.44. The zero-order chi connectivity index (χ0) is 13.8. The topological polar surface area (TPSA) is 83.3 Å². The van der Waals surface area contributed by atoms with E-state index in [0.29, 0.717) is 5.56 Å². The zero-order valence-electron chi connectivity index (χ0n) is 9.62. The minimum Gasteiger partial charge on any atom is -0.504 e. The minimum absolute atomic E-state index is 0.0331. The maximum Gasteiger partial charge on any atom is 0.207 e. The lowest BCUT2D eigenvalue weighted by Crippen LogP contribution is -2.00. The van der Waals surface area contributed by atoms with Crippen LogP contribution in [-0.4, -0.2) is 26.0 Å². The molecule has 19 heavy (non-hydrogen) atoms. The van der Waals surface area contributed by atoms with Crippen molar-refractivity contribution in [3.8, 4) is 11.5 Å². The molecule has 0 radical (unpaired) electrons. The summed E-state index contributed by atoms with van der Waals surface area (Å²) in [5, 5.41) is 18.5. The van der Waals surface area contributed by atoms with Crippen molar-refractivity contribution in [1.29, 1.82) is 0 Å². The van der Waals surface area contributed by atoms with Gasteiger partial charge in [-0.15, -0.1) is 0 Å². The average molecular weight is 277 g/mol. The van der Waals surface area contributed by atoms with Crippen molar-refractivity contribution in [2.24, 2.45) is 0 Å². The van der Waals surface area contributed by atoms with E-state index in [1.807, 2.05) is 0 Å². The summed E-state index contributed by atoms with van der Waals surface area (Å²) >= 11 is 5.75. The van der Waals surface area contributed by atoms with Crippen molar-refractivity contribution < 1.29 is 15.0 Å². The lowest BCUT2D eigenvalue weighted by atomic mass is 10.1. The molecule has 1 aromatic carbocycles. The van der Waals surface area contributed by atoms with Gasteiger partial charge in [0.15, 0.2) is 16.7 Å². The molecular formula is C13H9ClN2O3. The number of allylic oxidation sites excluding steroid dienone is 1. The van der Waals surface area contributed by atoms with E-state index in [2.05, 4.69) is 9.97 Å². The Morgan fingerprint density at radius 3 is 2.58 bits per heavy atom. The van der Waals surface area contributed by atoms with Crippen LogP contribution in [0.1, 0.15) is 16.1 Å². The third-order valence-corrected chi connectivity index (χ3v) is 2.59. The number of aromatic hydroxyl groups is 2. The van der Waals surface area contributed by atoms with E-state index in [0.717, 1.165) is 0 Å². The maximum atomic E-state index is 11.8. The number of carbonyl (C=O) groups excluding carboxylic acids is 1. The smallest absolute Gasteiger partial charge is 0.207 e. The number of hydrogen-bond donors (Lipinski definition) is 2. The van der Waals surface area contributed by atoms with Crippen LogP contribution >= 0.6 is 11.6 Å². The molecule has 2 aromatic rings. The highest BCUT2D eigenvalue weighted by atomic mass is 35.5. The lowest BCUT2D eigenvalue weighted by molar-refractivity contribution is 0.104. The molecule has 0 amide bonds. The van der Waals surface area contributed by atoms with Gasteiger partial charge < -0.3 is 10.2 Å². The molecule has 0 atom stereocenters. The molecule has 0 bridgehead atoms. The standard InChI is InChI=1S/C13H9ClN2O3/c14-13-12(15-5-6-16-13)10(18)4-2-8-1-3-9(17)11(19)7-8/h1-7,17,19H. The lowest BCUT2D eigenvalue weighted by Gasteiger charge is -1.99. The Balaban J connectivity index is 2.21. The number of phenolic OH excluding ortho intramolecular Hbond substituents is 2. The second kappa shape index (κ2) is 5.49. The van der Waals surface area contributed by atoms with Gasteiger partial charge in [0.05, 0.1) is 0 Å². The molecule has 2 N–H and O–H groups in total. The Morgan fingerprint density at radius 2 is 1.89 bits per heavy atom. The van der Waals surface area contributed by atoms with Crippen LogP contribution in [0.25, 0.3) is 6.08 Å². The van der Waals surface area contributed by atoms with E-state index in [1.54, 1.807) is 6.07 Å². The number of hydrogen-bond acceptors (Lipinski definition) is 5. The summed E-state index contributed by atoms with van der Waals surface area (Å²) in [4.78, 5) is 19.4. The molecule has 0 aliphatic carbocycles.